The number of rotatable bonds is 2. The van der Waals surface area contributed by atoms with Crippen LogP contribution in [0, 0.1) is 17.8 Å². The van der Waals surface area contributed by atoms with Gasteiger partial charge >= 0.3 is 0 Å². The Labute approximate surface area is 118 Å². The third-order valence-electron chi connectivity index (χ3n) is 5.18. The molecule has 5 heteroatoms. The first kappa shape index (κ1) is 11.8. The lowest BCUT2D eigenvalue weighted by Crippen LogP contribution is -2.54. The van der Waals surface area contributed by atoms with E-state index in [0.717, 1.165) is 23.6 Å². The fourth-order valence-corrected chi connectivity index (χ4v) is 5.12. The Bertz CT molecular complexity index is 481. The maximum atomic E-state index is 6.19. The van der Waals surface area contributed by atoms with Crippen LogP contribution in [0.5, 0.6) is 0 Å². The van der Waals surface area contributed by atoms with Crippen molar-refractivity contribution in [1.29, 1.82) is 0 Å². The monoisotopic (exact) mass is 278 g/mol. The molecule has 4 aliphatic carbocycles. The molecule has 4 saturated carbocycles. The van der Waals surface area contributed by atoms with Gasteiger partial charge in [0, 0.05) is 5.54 Å². The van der Waals surface area contributed by atoms with Crippen molar-refractivity contribution >= 4 is 23.4 Å². The number of hydrogen-bond acceptors (Lipinski definition) is 4. The van der Waals surface area contributed by atoms with Crippen LogP contribution >= 0.6 is 11.6 Å². The van der Waals surface area contributed by atoms with Crippen LogP contribution in [0.25, 0.3) is 0 Å². The maximum Gasteiger partial charge on any atom is 0.222 e. The topological polar surface area (TPSA) is 63.8 Å². The van der Waals surface area contributed by atoms with E-state index in [2.05, 4.69) is 15.3 Å². The molecule has 19 heavy (non-hydrogen) atoms. The molecule has 3 N–H and O–H groups in total. The Hall–Kier alpha value is -1.03. The Morgan fingerprint density at radius 2 is 1.74 bits per heavy atom. The molecule has 0 radical (unpaired) electrons. The molecule has 0 aliphatic heterocycles. The Morgan fingerprint density at radius 3 is 2.32 bits per heavy atom. The molecular formula is C14H19ClN4. The van der Waals surface area contributed by atoms with Crippen molar-refractivity contribution in [3.8, 4) is 0 Å². The summed E-state index contributed by atoms with van der Waals surface area (Å²) in [5.41, 5.74) is 5.88. The van der Waals surface area contributed by atoms with Gasteiger partial charge in [-0.1, -0.05) is 11.6 Å². The van der Waals surface area contributed by atoms with Crippen LogP contribution in [0.3, 0.4) is 0 Å². The average Bonchev–Trinajstić information content (AvgIpc) is 2.31. The number of nitrogen functional groups attached to an aromatic ring is 1. The second-order valence-electron chi connectivity index (χ2n) is 6.75. The van der Waals surface area contributed by atoms with Gasteiger partial charge in [-0.3, -0.25) is 0 Å². The fraction of sp³-hybridized carbons (Fsp3) is 0.714. The fourth-order valence-electron chi connectivity index (χ4n) is 4.98. The van der Waals surface area contributed by atoms with Gasteiger partial charge in [-0.05, 0) is 56.3 Å². The smallest absolute Gasteiger partial charge is 0.222 e. The van der Waals surface area contributed by atoms with Gasteiger partial charge < -0.3 is 11.1 Å². The third kappa shape index (κ3) is 1.97. The largest absolute Gasteiger partial charge is 0.368 e. The average molecular weight is 279 g/mol. The molecule has 4 bridgehead atoms. The predicted octanol–water partition coefficient (Wildman–Crippen LogP) is 3.09. The molecule has 0 amide bonds. The van der Waals surface area contributed by atoms with Crippen molar-refractivity contribution < 1.29 is 0 Å². The highest BCUT2D eigenvalue weighted by Gasteiger charge is 2.51. The minimum absolute atomic E-state index is 0.208. The summed E-state index contributed by atoms with van der Waals surface area (Å²) in [7, 11) is 0. The quantitative estimate of drug-likeness (QED) is 0.873. The highest BCUT2D eigenvalue weighted by atomic mass is 35.5. The molecule has 1 aromatic heterocycles. The molecular weight excluding hydrogens is 260 g/mol. The van der Waals surface area contributed by atoms with E-state index in [-0.39, 0.29) is 11.5 Å². The minimum Gasteiger partial charge on any atom is -0.368 e. The molecule has 0 atom stereocenters. The second-order valence-corrected chi connectivity index (χ2v) is 7.15. The summed E-state index contributed by atoms with van der Waals surface area (Å²) in [5.74, 6) is 3.71. The molecule has 0 aromatic carbocycles. The first-order chi connectivity index (χ1) is 9.12. The molecule has 4 fully saturated rings. The number of halogens is 1. The highest BCUT2D eigenvalue weighted by molar-refractivity contribution is 6.32. The van der Waals surface area contributed by atoms with Crippen LogP contribution < -0.4 is 11.1 Å². The number of anilines is 2. The van der Waals surface area contributed by atoms with E-state index in [4.69, 9.17) is 17.3 Å². The summed E-state index contributed by atoms with van der Waals surface area (Å²) in [5, 5.41) is 4.21. The first-order valence-corrected chi connectivity index (χ1v) is 7.56. The summed E-state index contributed by atoms with van der Waals surface area (Å²) < 4.78 is 0. The lowest BCUT2D eigenvalue weighted by Gasteiger charge is -2.57. The Balaban J connectivity index is 1.64. The van der Waals surface area contributed by atoms with E-state index >= 15 is 0 Å². The molecule has 4 nitrogen and oxygen atoms in total. The Kier molecular flexibility index (Phi) is 2.47. The molecule has 0 unspecified atom stereocenters. The second kappa shape index (κ2) is 3.98. The van der Waals surface area contributed by atoms with E-state index in [1.165, 1.54) is 38.5 Å². The van der Waals surface area contributed by atoms with Crippen molar-refractivity contribution in [3.05, 3.63) is 11.2 Å². The van der Waals surface area contributed by atoms with Crippen molar-refractivity contribution in [3.63, 3.8) is 0 Å². The van der Waals surface area contributed by atoms with Crippen LogP contribution in [0.2, 0.25) is 5.02 Å². The van der Waals surface area contributed by atoms with Crippen LogP contribution in [-0.2, 0) is 0 Å². The SMILES string of the molecule is Nc1ncc(Cl)c(NC23CC4CC(CC(C4)C2)C3)n1. The van der Waals surface area contributed by atoms with Crippen LogP contribution in [0.15, 0.2) is 6.20 Å². The van der Waals surface area contributed by atoms with Gasteiger partial charge in [-0.2, -0.15) is 4.98 Å². The third-order valence-corrected chi connectivity index (χ3v) is 5.46. The van der Waals surface area contributed by atoms with Gasteiger partial charge in [-0.25, -0.2) is 4.98 Å². The van der Waals surface area contributed by atoms with Gasteiger partial charge in [0.05, 0.1) is 6.20 Å². The minimum atomic E-state index is 0.208. The molecule has 0 saturated heterocycles. The zero-order chi connectivity index (χ0) is 13.0. The van der Waals surface area contributed by atoms with E-state index in [1.54, 1.807) is 6.20 Å². The van der Waals surface area contributed by atoms with E-state index < -0.39 is 0 Å². The van der Waals surface area contributed by atoms with Crippen LogP contribution in [-0.4, -0.2) is 15.5 Å². The number of nitrogens with one attached hydrogen (secondary N) is 1. The maximum absolute atomic E-state index is 6.19. The zero-order valence-corrected chi connectivity index (χ0v) is 11.7. The molecule has 4 aliphatic rings. The van der Waals surface area contributed by atoms with Crippen LogP contribution in [0.4, 0.5) is 11.8 Å². The van der Waals surface area contributed by atoms with Gasteiger partial charge in [0.25, 0.3) is 0 Å². The zero-order valence-electron chi connectivity index (χ0n) is 10.9. The van der Waals surface area contributed by atoms with E-state index in [1.807, 2.05) is 0 Å². The standard InChI is InChI=1S/C14H19ClN4/c15-11-7-17-13(16)18-12(11)19-14-4-8-1-9(5-14)3-10(2-8)6-14/h7-10H,1-6H2,(H3,16,17,18,19). The van der Waals surface area contributed by atoms with Gasteiger partial charge in [0.2, 0.25) is 5.95 Å². The number of nitrogens with two attached hydrogens (primary N) is 1. The Morgan fingerprint density at radius 1 is 1.16 bits per heavy atom. The summed E-state index contributed by atoms with van der Waals surface area (Å²) in [6, 6.07) is 0. The summed E-state index contributed by atoms with van der Waals surface area (Å²) in [6.07, 6.45) is 9.67. The molecule has 102 valence electrons. The van der Waals surface area contributed by atoms with Crippen molar-refractivity contribution in [2.45, 2.75) is 44.1 Å². The highest BCUT2D eigenvalue weighted by Crippen LogP contribution is 2.56. The van der Waals surface area contributed by atoms with Crippen LogP contribution in [0.1, 0.15) is 38.5 Å². The predicted molar refractivity (Wildman–Crippen MR) is 76.0 cm³/mol. The summed E-state index contributed by atoms with van der Waals surface area (Å²) in [4.78, 5) is 8.20. The van der Waals surface area contributed by atoms with Gasteiger partial charge in [0.1, 0.15) is 5.02 Å². The lowest BCUT2D eigenvalue weighted by molar-refractivity contribution is 0.0105. The summed E-state index contributed by atoms with van der Waals surface area (Å²) >= 11 is 6.19. The van der Waals surface area contributed by atoms with E-state index in [9.17, 15) is 0 Å². The van der Waals surface area contributed by atoms with Crippen molar-refractivity contribution in [2.24, 2.45) is 17.8 Å². The van der Waals surface area contributed by atoms with Crippen molar-refractivity contribution in [1.82, 2.24) is 9.97 Å². The molecule has 1 heterocycles. The molecule has 5 rings (SSSR count). The lowest BCUT2D eigenvalue weighted by atomic mass is 9.53. The number of nitrogens with zero attached hydrogens (tertiary/aromatic N) is 2. The summed E-state index contributed by atoms with van der Waals surface area (Å²) in [6.45, 7) is 0. The van der Waals surface area contributed by atoms with Crippen molar-refractivity contribution in [2.75, 3.05) is 11.1 Å². The molecule has 0 spiro atoms. The van der Waals surface area contributed by atoms with Gasteiger partial charge in [0.15, 0.2) is 5.82 Å². The molecule has 1 aromatic rings. The van der Waals surface area contributed by atoms with E-state index in [0.29, 0.717) is 5.02 Å². The van der Waals surface area contributed by atoms with Gasteiger partial charge in [-0.15, -0.1) is 0 Å². The number of hydrogen-bond donors (Lipinski definition) is 2. The number of aromatic nitrogens is 2. The normalized spacial score (nSPS) is 39.5. The first-order valence-electron chi connectivity index (χ1n) is 7.18.